The van der Waals surface area contributed by atoms with Crippen LogP contribution in [0.1, 0.15) is 20.3 Å². The van der Waals surface area contributed by atoms with Crippen LogP contribution in [0.2, 0.25) is 0 Å². The Hall–Kier alpha value is -1.58. The minimum atomic E-state index is -3.82. The van der Waals surface area contributed by atoms with Crippen LogP contribution < -0.4 is 4.72 Å². The van der Waals surface area contributed by atoms with Crippen molar-refractivity contribution >= 4 is 15.8 Å². The molecule has 0 fully saturated rings. The van der Waals surface area contributed by atoms with Crippen LogP contribution in [0.5, 0.6) is 0 Å². The maximum Gasteiger partial charge on any atom is 0.363 e. The molecule has 8 nitrogen and oxygen atoms in total. The van der Waals surface area contributed by atoms with E-state index in [-0.39, 0.29) is 23.8 Å². The van der Waals surface area contributed by atoms with Gasteiger partial charge in [-0.15, -0.1) is 0 Å². The van der Waals surface area contributed by atoms with Crippen molar-refractivity contribution < 1.29 is 18.4 Å². The van der Waals surface area contributed by atoms with Crippen molar-refractivity contribution in [2.45, 2.75) is 31.2 Å². The number of rotatable bonds is 7. The predicted octanol–water partition coefficient (Wildman–Crippen LogP) is 0.675. The number of pyridine rings is 1. The second-order valence-corrected chi connectivity index (χ2v) is 6.31. The Balaban J connectivity index is 2.95. The summed E-state index contributed by atoms with van der Waals surface area (Å²) in [6.45, 7) is 3.53. The predicted molar refractivity (Wildman–Crippen MR) is 71.5 cm³/mol. The summed E-state index contributed by atoms with van der Waals surface area (Å²) >= 11 is 0. The zero-order chi connectivity index (χ0) is 15.3. The molecule has 0 amide bonds. The summed E-state index contributed by atoms with van der Waals surface area (Å²) in [6.07, 6.45) is 1.23. The van der Waals surface area contributed by atoms with E-state index in [0.717, 1.165) is 18.3 Å². The standard InChI is InChI=1S/C11H17N3O5S/c1-8(2)10(5-6-15)13-20(18,19)9-3-4-11(12-7-9)14(16)17/h3-4,7-8,10,13,15H,5-6H2,1-2H3. The monoisotopic (exact) mass is 303 g/mol. The molecule has 1 rings (SSSR count). The third-order valence-electron chi connectivity index (χ3n) is 2.77. The van der Waals surface area contributed by atoms with Crippen LogP contribution in [0.25, 0.3) is 0 Å². The first-order chi connectivity index (χ1) is 9.27. The lowest BCUT2D eigenvalue weighted by Gasteiger charge is -2.20. The minimum Gasteiger partial charge on any atom is -0.396 e. The zero-order valence-corrected chi connectivity index (χ0v) is 12.0. The molecule has 2 N–H and O–H groups in total. The molecule has 0 aliphatic heterocycles. The normalized spacial score (nSPS) is 13.4. The molecule has 0 aliphatic rings. The van der Waals surface area contributed by atoms with Gasteiger partial charge in [0.05, 0.1) is 0 Å². The summed E-state index contributed by atoms with van der Waals surface area (Å²) in [5.41, 5.74) is 0. The first-order valence-corrected chi connectivity index (χ1v) is 7.50. The maximum absolute atomic E-state index is 12.1. The van der Waals surface area contributed by atoms with Crippen LogP contribution in [0.3, 0.4) is 0 Å². The number of aliphatic hydroxyl groups excluding tert-OH is 1. The van der Waals surface area contributed by atoms with Gasteiger partial charge in [0.25, 0.3) is 0 Å². The van der Waals surface area contributed by atoms with E-state index in [1.54, 1.807) is 0 Å². The van der Waals surface area contributed by atoms with Gasteiger partial charge in [0.2, 0.25) is 10.0 Å². The third-order valence-corrected chi connectivity index (χ3v) is 4.24. The molecule has 0 spiro atoms. The lowest BCUT2D eigenvalue weighted by molar-refractivity contribution is -0.389. The van der Waals surface area contributed by atoms with Gasteiger partial charge in [0, 0.05) is 18.7 Å². The summed E-state index contributed by atoms with van der Waals surface area (Å²) in [5, 5.41) is 19.4. The average Bonchev–Trinajstić information content (AvgIpc) is 2.38. The van der Waals surface area contributed by atoms with Gasteiger partial charge in [-0.1, -0.05) is 13.8 Å². The van der Waals surface area contributed by atoms with Gasteiger partial charge in [0.1, 0.15) is 4.90 Å². The minimum absolute atomic E-state index is 0.00272. The van der Waals surface area contributed by atoms with Gasteiger partial charge in [-0.2, -0.15) is 0 Å². The highest BCUT2D eigenvalue weighted by Gasteiger charge is 2.24. The Morgan fingerprint density at radius 3 is 2.50 bits per heavy atom. The summed E-state index contributed by atoms with van der Waals surface area (Å²) in [4.78, 5) is 13.1. The maximum atomic E-state index is 12.1. The van der Waals surface area contributed by atoms with E-state index in [1.165, 1.54) is 0 Å². The van der Waals surface area contributed by atoms with Crippen LogP contribution in [0.15, 0.2) is 23.2 Å². The molecule has 1 aromatic heterocycles. The molecule has 1 atom stereocenters. The van der Waals surface area contributed by atoms with Crippen molar-refractivity contribution in [1.82, 2.24) is 9.71 Å². The van der Waals surface area contributed by atoms with Crippen molar-refractivity contribution in [3.8, 4) is 0 Å². The van der Waals surface area contributed by atoms with E-state index in [9.17, 15) is 18.5 Å². The number of hydrogen-bond acceptors (Lipinski definition) is 6. The molecular weight excluding hydrogens is 286 g/mol. The Morgan fingerprint density at radius 2 is 2.10 bits per heavy atom. The van der Waals surface area contributed by atoms with E-state index in [4.69, 9.17) is 5.11 Å². The van der Waals surface area contributed by atoms with Gasteiger partial charge >= 0.3 is 5.82 Å². The highest BCUT2D eigenvalue weighted by Crippen LogP contribution is 2.15. The Morgan fingerprint density at radius 1 is 1.45 bits per heavy atom. The first kappa shape index (κ1) is 16.5. The Bertz CT molecular complexity index is 556. The molecule has 1 unspecified atom stereocenters. The number of sulfonamides is 1. The van der Waals surface area contributed by atoms with E-state index in [0.29, 0.717) is 0 Å². The van der Waals surface area contributed by atoms with Crippen LogP contribution in [-0.2, 0) is 10.0 Å². The molecule has 0 saturated heterocycles. The topological polar surface area (TPSA) is 122 Å². The number of aliphatic hydroxyl groups is 1. The Kier molecular flexibility index (Phi) is 5.54. The lowest BCUT2D eigenvalue weighted by Crippen LogP contribution is -2.39. The molecular formula is C11H17N3O5S. The Labute approximate surface area is 117 Å². The van der Waals surface area contributed by atoms with Crippen molar-refractivity contribution in [3.63, 3.8) is 0 Å². The van der Waals surface area contributed by atoms with Crippen molar-refractivity contribution in [2.24, 2.45) is 5.92 Å². The van der Waals surface area contributed by atoms with Gasteiger partial charge in [-0.25, -0.2) is 13.1 Å². The smallest absolute Gasteiger partial charge is 0.363 e. The molecule has 112 valence electrons. The van der Waals surface area contributed by atoms with E-state index >= 15 is 0 Å². The number of nitrogens with zero attached hydrogens (tertiary/aromatic N) is 2. The fraction of sp³-hybridized carbons (Fsp3) is 0.545. The van der Waals surface area contributed by atoms with Gasteiger partial charge in [0.15, 0.2) is 6.20 Å². The molecule has 0 aliphatic carbocycles. The SMILES string of the molecule is CC(C)C(CCO)NS(=O)(=O)c1ccc([N+](=O)[O-])nc1. The number of hydrogen-bond donors (Lipinski definition) is 2. The summed E-state index contributed by atoms with van der Waals surface area (Å²) < 4.78 is 26.7. The third kappa shape index (κ3) is 4.22. The van der Waals surface area contributed by atoms with E-state index in [2.05, 4.69) is 9.71 Å². The second kappa shape index (κ2) is 6.73. The highest BCUT2D eigenvalue weighted by atomic mass is 32.2. The van der Waals surface area contributed by atoms with Gasteiger partial charge < -0.3 is 15.2 Å². The van der Waals surface area contributed by atoms with Gasteiger partial charge in [-0.05, 0) is 28.3 Å². The molecule has 0 saturated carbocycles. The number of nitro groups is 1. The van der Waals surface area contributed by atoms with Crippen molar-refractivity contribution in [3.05, 3.63) is 28.4 Å². The van der Waals surface area contributed by atoms with Gasteiger partial charge in [-0.3, -0.25) is 0 Å². The van der Waals surface area contributed by atoms with E-state index in [1.807, 2.05) is 13.8 Å². The summed E-state index contributed by atoms with van der Waals surface area (Å²) in [7, 11) is -3.82. The zero-order valence-electron chi connectivity index (χ0n) is 11.2. The molecule has 9 heteroatoms. The second-order valence-electron chi connectivity index (χ2n) is 4.59. The molecule has 1 aromatic rings. The number of aromatic nitrogens is 1. The average molecular weight is 303 g/mol. The molecule has 0 bridgehead atoms. The quantitative estimate of drug-likeness (QED) is 0.564. The van der Waals surface area contributed by atoms with Crippen LogP contribution in [-0.4, -0.2) is 36.1 Å². The molecule has 1 heterocycles. The summed E-state index contributed by atoms with van der Waals surface area (Å²) in [5.74, 6) is -0.414. The summed E-state index contributed by atoms with van der Waals surface area (Å²) in [6, 6.07) is 1.75. The number of nitrogens with one attached hydrogen (secondary N) is 1. The molecule has 0 aromatic carbocycles. The van der Waals surface area contributed by atoms with Crippen LogP contribution in [0.4, 0.5) is 5.82 Å². The van der Waals surface area contributed by atoms with Crippen LogP contribution >= 0.6 is 0 Å². The molecule has 20 heavy (non-hydrogen) atoms. The first-order valence-electron chi connectivity index (χ1n) is 6.01. The van der Waals surface area contributed by atoms with Crippen LogP contribution in [0, 0.1) is 16.0 Å². The largest absolute Gasteiger partial charge is 0.396 e. The molecule has 0 radical (unpaired) electrons. The van der Waals surface area contributed by atoms with Crippen molar-refractivity contribution in [1.29, 1.82) is 0 Å². The van der Waals surface area contributed by atoms with Crippen molar-refractivity contribution in [2.75, 3.05) is 6.61 Å². The van der Waals surface area contributed by atoms with E-state index < -0.39 is 26.8 Å². The highest BCUT2D eigenvalue weighted by molar-refractivity contribution is 7.89. The lowest BCUT2D eigenvalue weighted by atomic mass is 10.0. The fourth-order valence-corrected chi connectivity index (χ4v) is 2.94. The fourth-order valence-electron chi connectivity index (χ4n) is 1.57.